The van der Waals surface area contributed by atoms with E-state index in [9.17, 15) is 13.5 Å². The Labute approximate surface area is 88.2 Å². The molecule has 7 heteroatoms. The van der Waals surface area contributed by atoms with E-state index in [1.54, 1.807) is 6.92 Å². The second-order valence-electron chi connectivity index (χ2n) is 3.32. The molecule has 1 rings (SSSR count). The van der Waals surface area contributed by atoms with Gasteiger partial charge in [0.2, 0.25) is 10.0 Å². The van der Waals surface area contributed by atoms with Crippen molar-refractivity contribution in [2.75, 3.05) is 0 Å². The van der Waals surface area contributed by atoms with E-state index >= 15 is 0 Å². The molecule has 0 aliphatic carbocycles. The molecule has 15 heavy (non-hydrogen) atoms. The number of hydrogen-bond acceptors (Lipinski definition) is 5. The van der Waals surface area contributed by atoms with Gasteiger partial charge in [-0.05, 0) is 13.8 Å². The van der Waals surface area contributed by atoms with Crippen molar-refractivity contribution in [2.24, 2.45) is 5.14 Å². The maximum absolute atomic E-state index is 11.0. The summed E-state index contributed by atoms with van der Waals surface area (Å²) in [6.07, 6.45) is 1.53. The van der Waals surface area contributed by atoms with Gasteiger partial charge in [0.1, 0.15) is 11.4 Å². The van der Waals surface area contributed by atoms with Crippen LogP contribution in [0.1, 0.15) is 24.4 Å². The lowest BCUT2D eigenvalue weighted by Gasteiger charge is -2.15. The van der Waals surface area contributed by atoms with Gasteiger partial charge in [0.25, 0.3) is 0 Å². The van der Waals surface area contributed by atoms with E-state index in [2.05, 4.69) is 9.97 Å². The van der Waals surface area contributed by atoms with E-state index in [0.717, 1.165) is 0 Å². The van der Waals surface area contributed by atoms with Crippen LogP contribution >= 0.6 is 0 Å². The number of rotatable bonds is 3. The third-order valence-electron chi connectivity index (χ3n) is 2.07. The summed E-state index contributed by atoms with van der Waals surface area (Å²) in [7, 11) is -3.78. The molecule has 0 unspecified atom stereocenters. The first kappa shape index (κ1) is 12.0. The largest absolute Gasteiger partial charge is 0.385 e. The van der Waals surface area contributed by atoms with Crippen LogP contribution in [0.2, 0.25) is 0 Å². The summed E-state index contributed by atoms with van der Waals surface area (Å²) < 4.78 is 22.0. The Morgan fingerprint density at radius 1 is 1.40 bits per heavy atom. The zero-order valence-electron chi connectivity index (χ0n) is 8.45. The number of nitrogens with zero attached hydrogens (tertiary/aromatic N) is 2. The maximum Gasteiger partial charge on any atom is 0.214 e. The molecule has 0 saturated carbocycles. The topological polar surface area (TPSA) is 106 Å². The third-order valence-corrected chi connectivity index (χ3v) is 3.36. The number of hydrogen-bond donors (Lipinski definition) is 2. The zero-order valence-corrected chi connectivity index (χ0v) is 9.27. The average molecular weight is 231 g/mol. The highest BCUT2D eigenvalue weighted by Crippen LogP contribution is 2.17. The Morgan fingerprint density at radius 3 is 2.40 bits per heavy atom. The molecule has 0 spiro atoms. The van der Waals surface area contributed by atoms with Crippen molar-refractivity contribution in [3.63, 3.8) is 0 Å². The van der Waals surface area contributed by atoms with E-state index in [4.69, 9.17) is 5.14 Å². The molecule has 84 valence electrons. The third kappa shape index (κ3) is 2.95. The van der Waals surface area contributed by atoms with Gasteiger partial charge in [0.15, 0.2) is 0 Å². The molecule has 1 aromatic heterocycles. The fourth-order valence-electron chi connectivity index (χ4n) is 0.975. The Kier molecular flexibility index (Phi) is 3.38. The highest BCUT2D eigenvalue weighted by molar-refractivity contribution is 7.89. The highest BCUT2D eigenvalue weighted by atomic mass is 32.2. The fraction of sp³-hybridized carbons (Fsp3) is 0.500. The van der Waals surface area contributed by atoms with Gasteiger partial charge in [-0.3, -0.25) is 9.97 Å². The molecule has 6 nitrogen and oxygen atoms in total. The minimum atomic E-state index is -3.78. The number of sulfonamides is 1. The normalized spacial score (nSPS) is 16.0. The van der Waals surface area contributed by atoms with Gasteiger partial charge in [-0.2, -0.15) is 0 Å². The van der Waals surface area contributed by atoms with Crippen LogP contribution in [0.15, 0.2) is 12.4 Å². The van der Waals surface area contributed by atoms with Crippen molar-refractivity contribution >= 4 is 10.0 Å². The molecule has 0 amide bonds. The van der Waals surface area contributed by atoms with Crippen LogP contribution in [0.5, 0.6) is 0 Å². The van der Waals surface area contributed by atoms with E-state index in [1.165, 1.54) is 19.3 Å². The first-order chi connectivity index (χ1) is 6.82. The van der Waals surface area contributed by atoms with E-state index < -0.39 is 21.4 Å². The van der Waals surface area contributed by atoms with Gasteiger partial charge in [-0.15, -0.1) is 0 Å². The summed E-state index contributed by atoms with van der Waals surface area (Å²) in [6, 6.07) is 0. The van der Waals surface area contributed by atoms with Gasteiger partial charge in [0, 0.05) is 6.20 Å². The monoisotopic (exact) mass is 231 g/mol. The Morgan fingerprint density at radius 2 is 2.00 bits per heavy atom. The number of aryl methyl sites for hydroxylation is 1. The molecule has 3 N–H and O–H groups in total. The molecule has 2 atom stereocenters. The standard InChI is InChI=1S/C8H13N3O3S/c1-5-3-11-7(4-10-5)8(12)6(2)15(9,13)14/h3-4,6,8,12H,1-2H3,(H2,9,13,14)/t6-,8-/m1/s1. The molecule has 0 bridgehead atoms. The number of primary sulfonamides is 1. The number of nitrogens with two attached hydrogens (primary N) is 1. The zero-order chi connectivity index (χ0) is 11.6. The maximum atomic E-state index is 11.0. The average Bonchev–Trinajstić information content (AvgIpc) is 2.15. The lowest BCUT2D eigenvalue weighted by atomic mass is 10.2. The highest BCUT2D eigenvalue weighted by Gasteiger charge is 2.27. The van der Waals surface area contributed by atoms with Crippen LogP contribution < -0.4 is 5.14 Å². The van der Waals surface area contributed by atoms with Crippen LogP contribution in [0.4, 0.5) is 0 Å². The smallest absolute Gasteiger partial charge is 0.214 e. The number of aliphatic hydroxyl groups is 1. The van der Waals surface area contributed by atoms with Crippen molar-refractivity contribution in [1.82, 2.24) is 9.97 Å². The molecule has 1 heterocycles. The van der Waals surface area contributed by atoms with Crippen LogP contribution in [0, 0.1) is 6.92 Å². The summed E-state index contributed by atoms with van der Waals surface area (Å²) in [4.78, 5) is 7.79. The molecule has 0 aromatic carbocycles. The quantitative estimate of drug-likeness (QED) is 0.729. The molecular weight excluding hydrogens is 218 g/mol. The molecule has 0 saturated heterocycles. The predicted octanol–water partition coefficient (Wildman–Crippen LogP) is -0.505. The first-order valence-corrected chi connectivity index (χ1v) is 5.91. The molecule has 0 radical (unpaired) electrons. The van der Waals surface area contributed by atoms with Gasteiger partial charge in [-0.1, -0.05) is 0 Å². The Bertz CT molecular complexity index is 429. The van der Waals surface area contributed by atoms with E-state index in [-0.39, 0.29) is 5.69 Å². The molecule has 1 aromatic rings. The van der Waals surface area contributed by atoms with Gasteiger partial charge in [-0.25, -0.2) is 13.6 Å². The van der Waals surface area contributed by atoms with Gasteiger partial charge in [0.05, 0.1) is 17.6 Å². The molecular formula is C8H13N3O3S. The second kappa shape index (κ2) is 4.21. The summed E-state index contributed by atoms with van der Waals surface area (Å²) in [5.41, 5.74) is 0.885. The van der Waals surface area contributed by atoms with Crippen molar-refractivity contribution in [2.45, 2.75) is 25.2 Å². The van der Waals surface area contributed by atoms with Crippen molar-refractivity contribution < 1.29 is 13.5 Å². The summed E-state index contributed by atoms with van der Waals surface area (Å²) in [6.45, 7) is 3.06. The van der Waals surface area contributed by atoms with Crippen LogP contribution in [0.3, 0.4) is 0 Å². The van der Waals surface area contributed by atoms with Crippen molar-refractivity contribution in [3.8, 4) is 0 Å². The van der Waals surface area contributed by atoms with Crippen LogP contribution in [-0.4, -0.2) is 28.7 Å². The minimum Gasteiger partial charge on any atom is -0.385 e. The number of aliphatic hydroxyl groups excluding tert-OH is 1. The Balaban J connectivity index is 2.95. The van der Waals surface area contributed by atoms with Crippen LogP contribution in [-0.2, 0) is 10.0 Å². The summed E-state index contributed by atoms with van der Waals surface area (Å²) in [5.74, 6) is 0. The summed E-state index contributed by atoms with van der Waals surface area (Å²) in [5, 5.41) is 13.5. The van der Waals surface area contributed by atoms with Crippen molar-refractivity contribution in [3.05, 3.63) is 23.8 Å². The fourth-order valence-corrected chi connectivity index (χ4v) is 1.47. The lowest BCUT2D eigenvalue weighted by Crippen LogP contribution is -2.31. The predicted molar refractivity (Wildman–Crippen MR) is 54.3 cm³/mol. The first-order valence-electron chi connectivity index (χ1n) is 4.30. The van der Waals surface area contributed by atoms with E-state index in [1.807, 2.05) is 0 Å². The second-order valence-corrected chi connectivity index (χ2v) is 5.24. The van der Waals surface area contributed by atoms with Gasteiger partial charge >= 0.3 is 0 Å². The lowest BCUT2D eigenvalue weighted by molar-refractivity contribution is 0.170. The molecule has 0 aliphatic heterocycles. The van der Waals surface area contributed by atoms with E-state index in [0.29, 0.717) is 5.69 Å². The van der Waals surface area contributed by atoms with Crippen LogP contribution in [0.25, 0.3) is 0 Å². The molecule has 0 aliphatic rings. The minimum absolute atomic E-state index is 0.196. The molecule has 0 fully saturated rings. The SMILES string of the molecule is Cc1cnc([C@H](O)[C@@H](C)S(N)(=O)=O)cn1. The Hall–Kier alpha value is -1.05. The number of aromatic nitrogens is 2. The van der Waals surface area contributed by atoms with Crippen molar-refractivity contribution in [1.29, 1.82) is 0 Å². The van der Waals surface area contributed by atoms with Gasteiger partial charge < -0.3 is 5.11 Å². The summed E-state index contributed by atoms with van der Waals surface area (Å²) >= 11 is 0.